The fourth-order valence-electron chi connectivity index (χ4n) is 2.26. The highest BCUT2D eigenvalue weighted by Crippen LogP contribution is 2.28. The van der Waals surface area contributed by atoms with Crippen LogP contribution in [0.15, 0.2) is 65.2 Å². The lowest BCUT2D eigenvalue weighted by Gasteiger charge is -2.18. The Morgan fingerprint density at radius 3 is 2.10 bits per heavy atom. The molecule has 0 atom stereocenters. The predicted octanol–water partition coefficient (Wildman–Crippen LogP) is 5.31. The number of nitrogens with zero attached hydrogens (tertiary/aromatic N) is 1. The van der Waals surface area contributed by atoms with E-state index in [9.17, 15) is 0 Å². The van der Waals surface area contributed by atoms with Crippen molar-refractivity contribution in [3.63, 3.8) is 0 Å². The first kappa shape index (κ1) is 13.6. The van der Waals surface area contributed by atoms with E-state index in [0.717, 1.165) is 16.9 Å². The summed E-state index contributed by atoms with van der Waals surface area (Å²) in [6, 6.07) is 18.4. The number of hydrogen-bond donors (Lipinski definition) is 0. The molecule has 0 amide bonds. The van der Waals surface area contributed by atoms with Crippen LogP contribution in [0.2, 0.25) is 0 Å². The van der Waals surface area contributed by atoms with Crippen LogP contribution in [0.4, 0.5) is 0 Å². The van der Waals surface area contributed by atoms with E-state index in [-0.39, 0.29) is 5.41 Å². The molecule has 1 aromatic heterocycles. The van der Waals surface area contributed by atoms with Crippen molar-refractivity contribution in [2.75, 3.05) is 0 Å². The third kappa shape index (κ3) is 2.89. The molecular formula is C19H19NO. The zero-order chi connectivity index (χ0) is 14.9. The number of oxazole rings is 1. The van der Waals surface area contributed by atoms with Crippen molar-refractivity contribution in [2.45, 2.75) is 26.2 Å². The van der Waals surface area contributed by atoms with Gasteiger partial charge in [-0.05, 0) is 23.1 Å². The van der Waals surface area contributed by atoms with Crippen LogP contribution >= 0.6 is 0 Å². The second-order valence-electron chi connectivity index (χ2n) is 6.22. The summed E-state index contributed by atoms with van der Waals surface area (Å²) in [6.45, 7) is 6.63. The fraction of sp³-hybridized carbons (Fsp3) is 0.211. The normalized spacial score (nSPS) is 11.6. The van der Waals surface area contributed by atoms with Crippen LogP contribution in [0.25, 0.3) is 22.8 Å². The molecule has 0 radical (unpaired) electrons. The molecule has 21 heavy (non-hydrogen) atoms. The highest BCUT2D eigenvalue weighted by Gasteiger charge is 2.14. The van der Waals surface area contributed by atoms with E-state index in [1.54, 1.807) is 6.20 Å². The van der Waals surface area contributed by atoms with E-state index in [0.29, 0.717) is 5.89 Å². The van der Waals surface area contributed by atoms with Gasteiger partial charge < -0.3 is 4.42 Å². The van der Waals surface area contributed by atoms with Gasteiger partial charge in [-0.15, -0.1) is 0 Å². The third-order valence-electron chi connectivity index (χ3n) is 3.56. The molecule has 0 fully saturated rings. The lowest BCUT2D eigenvalue weighted by molar-refractivity contribution is 0.584. The van der Waals surface area contributed by atoms with Gasteiger partial charge in [0.2, 0.25) is 5.89 Å². The van der Waals surface area contributed by atoms with Gasteiger partial charge in [-0.25, -0.2) is 4.98 Å². The zero-order valence-corrected chi connectivity index (χ0v) is 12.6. The summed E-state index contributed by atoms with van der Waals surface area (Å²) >= 11 is 0. The van der Waals surface area contributed by atoms with Gasteiger partial charge in [0.05, 0.1) is 6.20 Å². The number of rotatable bonds is 2. The fourth-order valence-corrected chi connectivity index (χ4v) is 2.26. The quantitative estimate of drug-likeness (QED) is 0.634. The Morgan fingerprint density at radius 2 is 1.48 bits per heavy atom. The van der Waals surface area contributed by atoms with Crippen molar-refractivity contribution in [1.29, 1.82) is 0 Å². The Hall–Kier alpha value is -2.35. The molecule has 0 aliphatic rings. The van der Waals surface area contributed by atoms with Gasteiger partial charge in [0.1, 0.15) is 0 Å². The molecule has 3 rings (SSSR count). The first-order valence-corrected chi connectivity index (χ1v) is 7.16. The molecule has 2 nitrogen and oxygen atoms in total. The topological polar surface area (TPSA) is 26.0 Å². The third-order valence-corrected chi connectivity index (χ3v) is 3.56. The van der Waals surface area contributed by atoms with Crippen LogP contribution in [0, 0.1) is 0 Å². The SMILES string of the molecule is CC(C)(C)c1ccc(-c2ncc(-c3ccccc3)o2)cc1. The van der Waals surface area contributed by atoms with Crippen molar-refractivity contribution in [3.8, 4) is 22.8 Å². The van der Waals surface area contributed by atoms with Crippen LogP contribution < -0.4 is 0 Å². The molecule has 0 saturated carbocycles. The largest absolute Gasteiger partial charge is 0.436 e. The van der Waals surface area contributed by atoms with E-state index in [1.165, 1.54) is 5.56 Å². The second-order valence-corrected chi connectivity index (χ2v) is 6.22. The monoisotopic (exact) mass is 277 g/mol. The molecule has 0 bridgehead atoms. The predicted molar refractivity (Wildman–Crippen MR) is 86.1 cm³/mol. The number of aromatic nitrogens is 1. The molecule has 0 unspecified atom stereocenters. The molecule has 0 N–H and O–H groups in total. The summed E-state index contributed by atoms with van der Waals surface area (Å²) in [4.78, 5) is 4.39. The average molecular weight is 277 g/mol. The van der Waals surface area contributed by atoms with Crippen molar-refractivity contribution in [2.24, 2.45) is 0 Å². The molecule has 0 aliphatic carbocycles. The summed E-state index contributed by atoms with van der Waals surface area (Å²) in [6.07, 6.45) is 1.78. The van der Waals surface area contributed by atoms with Crippen LogP contribution in [0.3, 0.4) is 0 Å². The summed E-state index contributed by atoms with van der Waals surface area (Å²) in [5, 5.41) is 0. The number of hydrogen-bond acceptors (Lipinski definition) is 2. The number of benzene rings is 2. The van der Waals surface area contributed by atoms with E-state index in [2.05, 4.69) is 50.0 Å². The first-order chi connectivity index (χ1) is 10.0. The smallest absolute Gasteiger partial charge is 0.226 e. The standard InChI is InChI=1S/C19H19NO/c1-19(2,3)16-11-9-15(10-12-16)18-20-13-17(21-18)14-7-5-4-6-8-14/h4-13H,1-3H3. The minimum absolute atomic E-state index is 0.157. The molecule has 3 aromatic rings. The van der Waals surface area contributed by atoms with Crippen molar-refractivity contribution >= 4 is 0 Å². The summed E-state index contributed by atoms with van der Waals surface area (Å²) in [7, 11) is 0. The maximum absolute atomic E-state index is 5.87. The summed E-state index contributed by atoms with van der Waals surface area (Å²) in [5.41, 5.74) is 3.51. The molecule has 0 aliphatic heterocycles. The minimum Gasteiger partial charge on any atom is -0.436 e. The maximum atomic E-state index is 5.87. The highest BCUT2D eigenvalue weighted by molar-refractivity contribution is 5.61. The van der Waals surface area contributed by atoms with Gasteiger partial charge in [0.25, 0.3) is 0 Å². The van der Waals surface area contributed by atoms with Gasteiger partial charge in [0.15, 0.2) is 5.76 Å². The van der Waals surface area contributed by atoms with Gasteiger partial charge in [-0.1, -0.05) is 63.2 Å². The van der Waals surface area contributed by atoms with Gasteiger partial charge in [-0.3, -0.25) is 0 Å². The van der Waals surface area contributed by atoms with Gasteiger partial charge in [-0.2, -0.15) is 0 Å². The van der Waals surface area contributed by atoms with Crippen molar-refractivity contribution in [1.82, 2.24) is 4.98 Å². The van der Waals surface area contributed by atoms with E-state index >= 15 is 0 Å². The Bertz CT molecular complexity index is 718. The molecule has 0 saturated heterocycles. The lowest BCUT2D eigenvalue weighted by Crippen LogP contribution is -2.10. The van der Waals surface area contributed by atoms with E-state index < -0.39 is 0 Å². The first-order valence-electron chi connectivity index (χ1n) is 7.16. The molecular weight excluding hydrogens is 258 g/mol. The van der Waals surface area contributed by atoms with Crippen LogP contribution in [0.1, 0.15) is 26.3 Å². The molecule has 2 aromatic carbocycles. The Morgan fingerprint density at radius 1 is 0.810 bits per heavy atom. The minimum atomic E-state index is 0.157. The molecule has 0 spiro atoms. The van der Waals surface area contributed by atoms with Crippen LogP contribution in [-0.2, 0) is 5.41 Å². The van der Waals surface area contributed by atoms with Crippen molar-refractivity contribution < 1.29 is 4.42 Å². The van der Waals surface area contributed by atoms with Gasteiger partial charge >= 0.3 is 0 Å². The Balaban J connectivity index is 1.90. The highest BCUT2D eigenvalue weighted by atomic mass is 16.4. The zero-order valence-electron chi connectivity index (χ0n) is 12.6. The maximum Gasteiger partial charge on any atom is 0.226 e. The molecule has 1 heterocycles. The Labute approximate surface area is 125 Å². The Kier molecular flexibility index (Phi) is 3.38. The van der Waals surface area contributed by atoms with Crippen molar-refractivity contribution in [3.05, 3.63) is 66.4 Å². The second kappa shape index (κ2) is 5.21. The van der Waals surface area contributed by atoms with Crippen LogP contribution in [0.5, 0.6) is 0 Å². The summed E-state index contributed by atoms with van der Waals surface area (Å²) in [5.74, 6) is 1.46. The molecule has 2 heteroatoms. The van der Waals surface area contributed by atoms with E-state index in [1.807, 2.05) is 30.3 Å². The molecule has 106 valence electrons. The van der Waals surface area contributed by atoms with Crippen LogP contribution in [-0.4, -0.2) is 4.98 Å². The summed E-state index contributed by atoms with van der Waals surface area (Å²) < 4.78 is 5.87. The lowest BCUT2D eigenvalue weighted by atomic mass is 9.87. The average Bonchev–Trinajstić information content (AvgIpc) is 2.97. The van der Waals surface area contributed by atoms with E-state index in [4.69, 9.17) is 4.42 Å². The van der Waals surface area contributed by atoms with Gasteiger partial charge in [0, 0.05) is 11.1 Å².